The summed E-state index contributed by atoms with van der Waals surface area (Å²) in [5.41, 5.74) is 1.22. The summed E-state index contributed by atoms with van der Waals surface area (Å²) < 4.78 is 37.3. The fraction of sp³-hybridized carbons (Fsp3) is 0.350. The SMILES string of the molecule is CCN(CC)S(=O)(=O)c1ccc2nnn(OCC(=O)Nc3cc(OC)cc(OC)c3)c2c1. The number of fused-ring (bicyclic) bond motifs is 1. The van der Waals surface area contributed by atoms with Crippen molar-refractivity contribution < 1.29 is 27.5 Å². The van der Waals surface area contributed by atoms with Gasteiger partial charge in [-0.1, -0.05) is 18.7 Å². The number of methoxy groups -OCH3 is 2. The van der Waals surface area contributed by atoms with Gasteiger partial charge in [-0.15, -0.1) is 5.10 Å². The molecular formula is C20H25N5O6S. The first-order valence-corrected chi connectivity index (χ1v) is 11.3. The van der Waals surface area contributed by atoms with Crippen molar-refractivity contribution in [2.24, 2.45) is 0 Å². The molecule has 11 nitrogen and oxygen atoms in total. The number of hydrogen-bond donors (Lipinski definition) is 1. The normalized spacial score (nSPS) is 11.5. The minimum Gasteiger partial charge on any atom is -0.497 e. The number of aromatic nitrogens is 3. The molecule has 0 atom stereocenters. The molecule has 1 amide bonds. The molecule has 172 valence electrons. The molecular weight excluding hydrogens is 438 g/mol. The van der Waals surface area contributed by atoms with E-state index in [2.05, 4.69) is 15.6 Å². The number of carbonyl (C=O) groups excluding carboxylic acids is 1. The zero-order valence-electron chi connectivity index (χ0n) is 18.2. The summed E-state index contributed by atoms with van der Waals surface area (Å²) in [6, 6.07) is 9.38. The van der Waals surface area contributed by atoms with Crippen LogP contribution in [0.25, 0.3) is 11.0 Å². The second kappa shape index (κ2) is 9.83. The number of sulfonamides is 1. The molecule has 3 aromatic rings. The van der Waals surface area contributed by atoms with Gasteiger partial charge in [0.15, 0.2) is 6.61 Å². The van der Waals surface area contributed by atoms with Crippen LogP contribution in [0.5, 0.6) is 11.5 Å². The van der Waals surface area contributed by atoms with E-state index in [-0.39, 0.29) is 11.5 Å². The Morgan fingerprint density at radius 2 is 1.72 bits per heavy atom. The van der Waals surface area contributed by atoms with Crippen LogP contribution in [0.15, 0.2) is 41.3 Å². The van der Waals surface area contributed by atoms with Crippen LogP contribution in [0.3, 0.4) is 0 Å². The second-order valence-electron chi connectivity index (χ2n) is 6.63. The third-order valence-electron chi connectivity index (χ3n) is 4.68. The minimum atomic E-state index is -3.67. The molecule has 0 fully saturated rings. The van der Waals surface area contributed by atoms with Crippen LogP contribution in [0.4, 0.5) is 5.69 Å². The average molecular weight is 464 g/mol. The number of benzene rings is 2. The van der Waals surface area contributed by atoms with Crippen molar-refractivity contribution in [1.82, 2.24) is 19.5 Å². The minimum absolute atomic E-state index is 0.0915. The van der Waals surface area contributed by atoms with Crippen LogP contribution >= 0.6 is 0 Å². The molecule has 0 saturated carbocycles. The molecule has 1 aromatic heterocycles. The van der Waals surface area contributed by atoms with Crippen molar-refractivity contribution in [1.29, 1.82) is 0 Å². The van der Waals surface area contributed by atoms with E-state index in [1.807, 2.05) is 0 Å². The highest BCUT2D eigenvalue weighted by Crippen LogP contribution is 2.25. The molecule has 0 radical (unpaired) electrons. The van der Waals surface area contributed by atoms with Crippen molar-refractivity contribution in [3.8, 4) is 11.5 Å². The fourth-order valence-corrected chi connectivity index (χ4v) is 4.52. The maximum absolute atomic E-state index is 12.8. The molecule has 32 heavy (non-hydrogen) atoms. The lowest BCUT2D eigenvalue weighted by atomic mass is 10.2. The summed E-state index contributed by atoms with van der Waals surface area (Å²) in [5.74, 6) is 0.574. The van der Waals surface area contributed by atoms with Gasteiger partial charge < -0.3 is 19.6 Å². The van der Waals surface area contributed by atoms with Crippen molar-refractivity contribution in [2.75, 3.05) is 39.2 Å². The van der Waals surface area contributed by atoms with Crippen LogP contribution in [-0.2, 0) is 14.8 Å². The Labute approximate surface area is 185 Å². The Kier molecular flexibility index (Phi) is 7.15. The van der Waals surface area contributed by atoms with E-state index in [4.69, 9.17) is 14.3 Å². The molecule has 2 aromatic carbocycles. The topological polar surface area (TPSA) is 125 Å². The number of anilines is 1. The average Bonchev–Trinajstić information content (AvgIpc) is 3.20. The van der Waals surface area contributed by atoms with E-state index in [0.29, 0.717) is 41.3 Å². The molecule has 0 aliphatic carbocycles. The Bertz CT molecular complexity index is 1180. The zero-order chi connectivity index (χ0) is 23.3. The zero-order valence-corrected chi connectivity index (χ0v) is 19.0. The Balaban J connectivity index is 1.76. The number of amides is 1. The van der Waals surface area contributed by atoms with Gasteiger partial charge in [-0.05, 0) is 23.4 Å². The van der Waals surface area contributed by atoms with Gasteiger partial charge in [0.1, 0.15) is 22.5 Å². The molecule has 0 aliphatic rings. The molecule has 0 saturated heterocycles. The lowest BCUT2D eigenvalue weighted by Gasteiger charge is -2.18. The molecule has 0 bridgehead atoms. The van der Waals surface area contributed by atoms with E-state index in [0.717, 1.165) is 4.85 Å². The van der Waals surface area contributed by atoms with Gasteiger partial charge in [-0.3, -0.25) is 4.79 Å². The molecule has 1 heterocycles. The van der Waals surface area contributed by atoms with E-state index in [1.165, 1.54) is 30.7 Å². The molecule has 0 spiro atoms. The Morgan fingerprint density at radius 3 is 2.31 bits per heavy atom. The number of hydrogen-bond acceptors (Lipinski definition) is 8. The first kappa shape index (κ1) is 23.3. The van der Waals surface area contributed by atoms with E-state index in [9.17, 15) is 13.2 Å². The predicted octanol–water partition coefficient (Wildman–Crippen LogP) is 1.55. The third-order valence-corrected chi connectivity index (χ3v) is 6.73. The Morgan fingerprint density at radius 1 is 1.06 bits per heavy atom. The maximum Gasteiger partial charge on any atom is 0.265 e. The number of nitrogens with one attached hydrogen (secondary N) is 1. The van der Waals surface area contributed by atoms with Crippen LogP contribution in [0.1, 0.15) is 13.8 Å². The lowest BCUT2D eigenvalue weighted by Crippen LogP contribution is -2.30. The highest BCUT2D eigenvalue weighted by molar-refractivity contribution is 7.89. The van der Waals surface area contributed by atoms with Gasteiger partial charge >= 0.3 is 0 Å². The van der Waals surface area contributed by atoms with Crippen molar-refractivity contribution in [3.63, 3.8) is 0 Å². The van der Waals surface area contributed by atoms with Gasteiger partial charge in [-0.25, -0.2) is 8.42 Å². The summed E-state index contributed by atoms with van der Waals surface area (Å²) in [6.07, 6.45) is 0. The first-order chi connectivity index (χ1) is 15.3. The largest absolute Gasteiger partial charge is 0.497 e. The van der Waals surface area contributed by atoms with Gasteiger partial charge in [0, 0.05) is 37.0 Å². The van der Waals surface area contributed by atoms with Gasteiger partial charge in [0.05, 0.1) is 19.1 Å². The first-order valence-electron chi connectivity index (χ1n) is 9.84. The third kappa shape index (κ3) is 4.92. The fourth-order valence-electron chi connectivity index (χ4n) is 3.04. The molecule has 0 aliphatic heterocycles. The van der Waals surface area contributed by atoms with Crippen LogP contribution in [0.2, 0.25) is 0 Å². The lowest BCUT2D eigenvalue weighted by molar-refractivity contribution is -0.121. The van der Waals surface area contributed by atoms with E-state index in [1.54, 1.807) is 38.1 Å². The monoisotopic (exact) mass is 463 g/mol. The molecule has 12 heteroatoms. The van der Waals surface area contributed by atoms with Crippen LogP contribution in [0, 0.1) is 0 Å². The van der Waals surface area contributed by atoms with Crippen molar-refractivity contribution in [3.05, 3.63) is 36.4 Å². The summed E-state index contributed by atoms with van der Waals surface area (Å²) in [7, 11) is -0.651. The van der Waals surface area contributed by atoms with Crippen LogP contribution < -0.4 is 19.6 Å². The van der Waals surface area contributed by atoms with Crippen molar-refractivity contribution in [2.45, 2.75) is 18.7 Å². The van der Waals surface area contributed by atoms with E-state index < -0.39 is 15.9 Å². The molecule has 0 unspecified atom stereocenters. The molecule has 3 rings (SSSR count). The predicted molar refractivity (Wildman–Crippen MR) is 117 cm³/mol. The summed E-state index contributed by atoms with van der Waals surface area (Å²) in [5, 5.41) is 10.5. The highest BCUT2D eigenvalue weighted by Gasteiger charge is 2.23. The summed E-state index contributed by atoms with van der Waals surface area (Å²) >= 11 is 0. The summed E-state index contributed by atoms with van der Waals surface area (Å²) in [4.78, 5) is 18.9. The second-order valence-corrected chi connectivity index (χ2v) is 8.56. The smallest absolute Gasteiger partial charge is 0.265 e. The number of nitrogens with zero attached hydrogens (tertiary/aromatic N) is 4. The van der Waals surface area contributed by atoms with E-state index >= 15 is 0 Å². The number of carbonyl (C=O) groups is 1. The highest BCUT2D eigenvalue weighted by atomic mass is 32.2. The molecule has 1 N–H and O–H groups in total. The Hall–Kier alpha value is -3.38. The van der Waals surface area contributed by atoms with Gasteiger partial charge in [-0.2, -0.15) is 4.31 Å². The maximum atomic E-state index is 12.8. The summed E-state index contributed by atoms with van der Waals surface area (Å²) in [6.45, 7) is 3.85. The standard InChI is InChI=1S/C20H25N5O6S/c1-5-24(6-2)32(27,28)17-7-8-18-19(12-17)25(23-22-18)31-13-20(26)21-14-9-15(29-3)11-16(10-14)30-4/h7-12H,5-6,13H2,1-4H3,(H,21,26). The number of rotatable bonds is 10. The van der Waals surface area contributed by atoms with Gasteiger partial charge in [0.2, 0.25) is 10.0 Å². The van der Waals surface area contributed by atoms with Crippen molar-refractivity contribution >= 4 is 32.7 Å². The number of ether oxygens (including phenoxy) is 2. The van der Waals surface area contributed by atoms with Gasteiger partial charge in [0.25, 0.3) is 5.91 Å². The quantitative estimate of drug-likeness (QED) is 0.480. The van der Waals surface area contributed by atoms with Crippen LogP contribution in [-0.4, -0.2) is 67.7 Å².